The second-order valence-electron chi connectivity index (χ2n) is 37.4. The highest BCUT2D eigenvalue weighted by Gasteiger charge is 2.48. The Kier molecular flexibility index (Phi) is 21.0. The van der Waals surface area contributed by atoms with Gasteiger partial charge < -0.3 is 39.2 Å². The summed E-state index contributed by atoms with van der Waals surface area (Å²) in [4.78, 5) is 19.5. The Morgan fingerprint density at radius 3 is 0.827 bits per heavy atom. The number of rotatable bonds is 13. The highest BCUT2D eigenvalue weighted by atomic mass is 15.2. The average Bonchev–Trinajstić information content (AvgIpc) is 0.709. The fourth-order valence-corrected chi connectivity index (χ4v) is 22.4. The Bertz CT molecular complexity index is 7900. The molecule has 27 rings (SSSR count). The van der Waals surface area contributed by atoms with Gasteiger partial charge in [-0.2, -0.15) is 0 Å². The second kappa shape index (κ2) is 35.1. The summed E-state index contributed by atoms with van der Waals surface area (Å²) in [5, 5.41) is 2.43. The first-order valence-electron chi connectivity index (χ1n) is 48.2. The molecule has 0 N–H and O–H groups in total. The molecule has 139 heavy (non-hydrogen) atoms. The van der Waals surface area contributed by atoms with Gasteiger partial charge in [0.2, 0.25) is 0 Å². The van der Waals surface area contributed by atoms with Gasteiger partial charge in [0.15, 0.2) is 0 Å². The molecule has 656 valence electrons. The maximum absolute atomic E-state index is 2.49. The van der Waals surface area contributed by atoms with Crippen molar-refractivity contribution in [2.45, 2.75) is 26.2 Å². The van der Waals surface area contributed by atoms with E-state index in [1.807, 2.05) is 0 Å². The topological polar surface area (TPSA) is 25.9 Å². The minimum atomic E-state index is 0.00946. The first-order chi connectivity index (χ1) is 68.7. The molecule has 6 aliphatic rings. The van der Waals surface area contributed by atoms with Gasteiger partial charge in [0, 0.05) is 131 Å². The molecule has 0 unspecified atom stereocenters. The SMILES string of the molecule is CC(C)(C)c1ccc(-c2ccc3c(c2)N(c2ccccc2)c2cccc4c2B3c2ccc(N(c3ccccc3)c3cccc5ccccc35)cc2N4c2ccccc2)cc1.c1ccc(N(c2ccccc2)c2cc3c4c(c2)N(c2ccccc2)c2ccccc2B4c2ccccc2N3c2ccccc2)cc1.c1ccc(N2c3ccccc3B3c4ccccc4N(c4ccccc4)c4cccc2c43)cc1. The molecule has 0 aromatic heterocycles. The number of nitrogens with zero attached hydrogens (tertiary/aromatic N) is 8. The van der Waals surface area contributed by atoms with E-state index in [0.29, 0.717) is 0 Å². The van der Waals surface area contributed by atoms with E-state index in [1.54, 1.807) is 0 Å². The molecule has 21 aromatic rings. The maximum atomic E-state index is 2.49. The highest BCUT2D eigenvalue weighted by Crippen LogP contribution is 2.53. The van der Waals surface area contributed by atoms with Gasteiger partial charge in [-0.15, -0.1) is 0 Å². The highest BCUT2D eigenvalue weighted by molar-refractivity contribution is 7.02. The predicted octanol–water partition coefficient (Wildman–Crippen LogP) is 28.4. The minimum Gasteiger partial charge on any atom is -0.311 e. The molecule has 21 aromatic carbocycles. The summed E-state index contributed by atoms with van der Waals surface area (Å²) in [6.07, 6.45) is 0. The zero-order valence-electron chi connectivity index (χ0n) is 77.5. The van der Waals surface area contributed by atoms with Gasteiger partial charge in [0.1, 0.15) is 0 Å². The first kappa shape index (κ1) is 83.3. The van der Waals surface area contributed by atoms with Crippen molar-refractivity contribution < 1.29 is 0 Å². The molecule has 8 nitrogen and oxygen atoms in total. The summed E-state index contributed by atoms with van der Waals surface area (Å²) in [7, 11) is 0. The Morgan fingerprint density at radius 1 is 0.180 bits per heavy atom. The van der Waals surface area contributed by atoms with Crippen LogP contribution in [0.1, 0.15) is 26.3 Å². The zero-order valence-corrected chi connectivity index (χ0v) is 77.5. The van der Waals surface area contributed by atoms with Gasteiger partial charge in [-0.05, 0) is 271 Å². The van der Waals surface area contributed by atoms with Gasteiger partial charge in [-0.3, -0.25) is 0 Å². The molecule has 0 bridgehead atoms. The molecule has 0 spiro atoms. The number of anilines is 24. The normalized spacial score (nSPS) is 12.9. The molecule has 0 atom stereocenters. The standard InChI is InChI=1S/C56H44BN3.C42H30BN3.C30H21BN2/c1-56(2,3)42-32-29-39(30-33-42)41-31-35-48-53(37-41)59(44-21-9-5-10-22-44)51-27-16-28-52-55(51)57(48)49-36-34-46(38-54(49)60(52)45-23-11-6-12-24-45)58(43-19-7-4-8-20-43)50-26-15-18-40-17-13-14-25-47(40)50;1-5-17-31(18-6-1)44(32-19-7-2-8-20-32)35-29-40-42-41(30-35)46(34-23-11-4-12-24-34)39-28-16-14-26-37(39)43(42)36-25-13-15-27-38(36)45(40)33-21-9-3-10-22-33;1-3-12-22(13-4-1)32-26-18-9-7-16-24(26)31-25-17-8-10-19-27(25)33(23-14-5-2-6-15-23)29-21-11-20-28(32)30(29)31/h4-38H,1-3H3;1-30H;1-21H. The van der Waals surface area contributed by atoms with E-state index in [2.05, 4.69) is 582 Å². The Balaban J connectivity index is 0.000000115. The molecule has 0 amide bonds. The smallest absolute Gasteiger partial charge is 0.252 e. The number of fused-ring (bicyclic) bond motifs is 13. The van der Waals surface area contributed by atoms with Crippen LogP contribution >= 0.6 is 0 Å². The van der Waals surface area contributed by atoms with E-state index >= 15 is 0 Å². The summed E-state index contributed by atoms with van der Waals surface area (Å²) >= 11 is 0. The molecule has 0 saturated carbocycles. The van der Waals surface area contributed by atoms with E-state index in [0.717, 1.165) is 56.9 Å². The Hall–Kier alpha value is -17.5. The van der Waals surface area contributed by atoms with E-state index in [-0.39, 0.29) is 25.6 Å². The van der Waals surface area contributed by atoms with Crippen LogP contribution in [0.5, 0.6) is 0 Å². The molecule has 0 saturated heterocycles. The van der Waals surface area contributed by atoms with Crippen LogP contribution in [0.25, 0.3) is 21.9 Å². The van der Waals surface area contributed by atoms with Crippen LogP contribution in [0.2, 0.25) is 0 Å². The van der Waals surface area contributed by atoms with Crippen molar-refractivity contribution in [3.8, 4) is 11.1 Å². The van der Waals surface area contributed by atoms with Crippen molar-refractivity contribution >= 4 is 217 Å². The molecule has 11 heteroatoms. The molecular weight excluding hydrogens is 1680 g/mol. The number of benzene rings is 21. The Morgan fingerprint density at radius 2 is 0.446 bits per heavy atom. The van der Waals surface area contributed by atoms with Crippen LogP contribution in [0.4, 0.5) is 136 Å². The lowest BCUT2D eigenvalue weighted by Gasteiger charge is -2.45. The van der Waals surface area contributed by atoms with Crippen LogP contribution in [0, 0.1) is 0 Å². The molecular formula is C128H95B3N8. The van der Waals surface area contributed by atoms with Crippen LogP contribution in [-0.4, -0.2) is 20.1 Å². The van der Waals surface area contributed by atoms with Crippen LogP contribution in [-0.2, 0) is 5.41 Å². The summed E-state index contributed by atoms with van der Waals surface area (Å²) in [5.74, 6) is 0. The van der Waals surface area contributed by atoms with Crippen molar-refractivity contribution in [1.82, 2.24) is 0 Å². The van der Waals surface area contributed by atoms with Crippen molar-refractivity contribution in [1.29, 1.82) is 0 Å². The van der Waals surface area contributed by atoms with Crippen LogP contribution in [0.15, 0.2) is 522 Å². The fourth-order valence-electron chi connectivity index (χ4n) is 22.4. The summed E-state index contributed by atoms with van der Waals surface area (Å²) < 4.78 is 0. The largest absolute Gasteiger partial charge is 0.311 e. The van der Waals surface area contributed by atoms with E-state index in [9.17, 15) is 0 Å². The number of hydrogen-bond donors (Lipinski definition) is 0. The third kappa shape index (κ3) is 14.5. The predicted molar refractivity (Wildman–Crippen MR) is 592 cm³/mol. The molecule has 0 fully saturated rings. The van der Waals surface area contributed by atoms with Gasteiger partial charge in [0.05, 0.1) is 11.4 Å². The van der Waals surface area contributed by atoms with Gasteiger partial charge in [-0.1, -0.05) is 348 Å². The number of hydrogen-bond acceptors (Lipinski definition) is 8. The minimum absolute atomic E-state index is 0.00946. The lowest BCUT2D eigenvalue weighted by Crippen LogP contribution is -2.61. The summed E-state index contributed by atoms with van der Waals surface area (Å²) in [5.41, 5.74) is 44.0. The van der Waals surface area contributed by atoms with E-state index in [1.165, 1.54) is 156 Å². The van der Waals surface area contributed by atoms with Gasteiger partial charge >= 0.3 is 0 Å². The zero-order chi connectivity index (χ0) is 92.6. The van der Waals surface area contributed by atoms with Crippen LogP contribution in [0.3, 0.4) is 0 Å². The van der Waals surface area contributed by atoms with Crippen LogP contribution < -0.4 is 88.4 Å². The third-order valence-electron chi connectivity index (χ3n) is 28.4. The molecule has 6 heterocycles. The number of para-hydroxylation sites is 13. The molecule has 6 aliphatic heterocycles. The molecule has 0 aliphatic carbocycles. The lowest BCUT2D eigenvalue weighted by molar-refractivity contribution is 0.590. The molecule has 0 radical (unpaired) electrons. The van der Waals surface area contributed by atoms with Crippen molar-refractivity contribution in [3.63, 3.8) is 0 Å². The fraction of sp³-hybridized carbons (Fsp3) is 0.0312. The monoisotopic (exact) mass is 1780 g/mol. The first-order valence-corrected chi connectivity index (χ1v) is 48.2. The summed E-state index contributed by atoms with van der Waals surface area (Å²) in [6, 6.07) is 190. The summed E-state index contributed by atoms with van der Waals surface area (Å²) in [6.45, 7) is 7.12. The lowest BCUT2D eigenvalue weighted by atomic mass is 9.33. The second-order valence-corrected chi connectivity index (χ2v) is 37.4. The average molecular weight is 1780 g/mol. The maximum Gasteiger partial charge on any atom is 0.252 e. The van der Waals surface area contributed by atoms with Gasteiger partial charge in [0.25, 0.3) is 20.1 Å². The van der Waals surface area contributed by atoms with Crippen molar-refractivity contribution in [2.24, 2.45) is 0 Å². The quantitative estimate of drug-likeness (QED) is 0.105. The van der Waals surface area contributed by atoms with Crippen molar-refractivity contribution in [3.05, 3.63) is 527 Å². The van der Waals surface area contributed by atoms with E-state index in [4.69, 9.17) is 0 Å². The Labute approximate surface area is 814 Å². The van der Waals surface area contributed by atoms with Crippen molar-refractivity contribution in [2.75, 3.05) is 39.2 Å². The third-order valence-corrected chi connectivity index (χ3v) is 28.4. The van der Waals surface area contributed by atoms with Gasteiger partial charge in [-0.25, -0.2) is 0 Å². The van der Waals surface area contributed by atoms with E-state index < -0.39 is 0 Å².